The summed E-state index contributed by atoms with van der Waals surface area (Å²) >= 11 is 0. The van der Waals surface area contributed by atoms with E-state index < -0.39 is 57.1 Å². The molecule has 0 amide bonds. The zero-order chi connectivity index (χ0) is 31.2. The Kier molecular flexibility index (Phi) is 5.59. The van der Waals surface area contributed by atoms with E-state index in [4.69, 9.17) is 63.6 Å². The molecule has 0 aromatic heterocycles. The molecule has 0 aliphatic carbocycles. The van der Waals surface area contributed by atoms with Gasteiger partial charge in [-0.15, -0.1) is 0 Å². The van der Waals surface area contributed by atoms with Crippen LogP contribution >= 0.6 is 0 Å². The summed E-state index contributed by atoms with van der Waals surface area (Å²) in [7, 11) is 5.74. The van der Waals surface area contributed by atoms with E-state index in [0.29, 0.717) is 0 Å². The summed E-state index contributed by atoms with van der Waals surface area (Å²) in [5.74, 6) is -2.44. The van der Waals surface area contributed by atoms with E-state index in [1.165, 1.54) is 34.3 Å². The maximum Gasteiger partial charge on any atom is 0.718 e. The molecule has 238 valence electrons. The highest BCUT2D eigenvalue weighted by Gasteiger charge is 3.13. The Balaban J connectivity index is 1.46. The second kappa shape index (κ2) is 8.15. The number of hydroxylamine groups is 23. The van der Waals surface area contributed by atoms with Gasteiger partial charge in [-0.2, -0.15) is 0 Å². The van der Waals surface area contributed by atoms with Crippen LogP contribution in [0.4, 0.5) is 0 Å². The third-order valence-corrected chi connectivity index (χ3v) is 7.66. The molecule has 0 aromatic carbocycles. The molecule has 9 aliphatic rings. The molecule has 9 fully saturated rings. The van der Waals surface area contributed by atoms with Gasteiger partial charge < -0.3 is 4.74 Å². The van der Waals surface area contributed by atoms with Gasteiger partial charge in [-0.05, 0) is 25.1 Å². The summed E-state index contributed by atoms with van der Waals surface area (Å²) in [4.78, 5) is 81.4. The van der Waals surface area contributed by atoms with Crippen LogP contribution in [0.25, 0.3) is 0 Å². The lowest BCUT2D eigenvalue weighted by molar-refractivity contribution is -1.77. The first-order valence-electron chi connectivity index (χ1n) is 13.3. The number of quaternary nitrogens is 8. The molecular formula is C20H37N9O14+8. The quantitative estimate of drug-likeness (QED) is 0.122. The van der Waals surface area contributed by atoms with E-state index in [1.54, 1.807) is 27.8 Å². The molecule has 9 aliphatic heterocycles. The average Bonchev–Trinajstić information content (AvgIpc) is 3.28. The first-order valence-corrected chi connectivity index (χ1v) is 13.3. The number of carbonyl (C=O) groups excluding carboxylic acids is 1. The van der Waals surface area contributed by atoms with Crippen molar-refractivity contribution in [3.63, 3.8) is 0 Å². The first kappa shape index (κ1) is 29.5. The van der Waals surface area contributed by atoms with E-state index in [1.807, 2.05) is 0 Å². The zero-order valence-electron chi connectivity index (χ0n) is 25.1. The van der Waals surface area contributed by atoms with Gasteiger partial charge in [0.1, 0.15) is 36.5 Å². The topological polar surface area (TPSA) is 149 Å². The Morgan fingerprint density at radius 1 is 0.930 bits per heavy atom. The number of hydrogen-bond acceptors (Lipinski definition) is 15. The Hall–Kier alpha value is -2.18. The number of esters is 1. The Morgan fingerprint density at radius 2 is 1.65 bits per heavy atom. The van der Waals surface area contributed by atoms with Gasteiger partial charge in [0.2, 0.25) is 14.8 Å². The molecule has 9 saturated heterocycles. The number of hydrogen-bond donors (Lipinski definition) is 0. The predicted octanol–water partition coefficient (Wildman–Crippen LogP) is -0.0744. The molecule has 23 nitrogen and oxygen atoms in total. The first-order chi connectivity index (χ1) is 19.8. The third kappa shape index (κ3) is 3.43. The average molecular weight is 628 g/mol. The fourth-order valence-corrected chi connectivity index (χ4v) is 5.63. The summed E-state index contributed by atoms with van der Waals surface area (Å²) in [6.07, 6.45) is 1.47. The van der Waals surface area contributed by atoms with Crippen molar-refractivity contribution >= 4 is 12.2 Å². The van der Waals surface area contributed by atoms with Crippen LogP contribution in [0.3, 0.4) is 0 Å². The molecule has 0 aromatic rings. The van der Waals surface area contributed by atoms with Gasteiger partial charge in [-0.25, -0.2) is 4.79 Å². The molecule has 23 heteroatoms. The molecule has 43 heavy (non-hydrogen) atoms. The second-order valence-corrected chi connectivity index (χ2v) is 11.4. The van der Waals surface area contributed by atoms with Gasteiger partial charge in [0.05, 0.1) is 24.6 Å². The van der Waals surface area contributed by atoms with E-state index in [-0.39, 0.29) is 37.6 Å². The van der Waals surface area contributed by atoms with Crippen LogP contribution < -0.4 is 0 Å². The fourth-order valence-electron chi connectivity index (χ4n) is 5.63. The second-order valence-electron chi connectivity index (χ2n) is 11.4. The van der Waals surface area contributed by atoms with Crippen LogP contribution in [0, 0.1) is 0 Å². The monoisotopic (exact) mass is 627 g/mol. The van der Waals surface area contributed by atoms with Crippen LogP contribution in [0.1, 0.15) is 34.1 Å². The van der Waals surface area contributed by atoms with Crippen LogP contribution in [0.15, 0.2) is 29.5 Å². The summed E-state index contributed by atoms with van der Waals surface area (Å²) in [5.41, 5.74) is 0.393. The number of fused-ring (bicyclic) bond motifs is 3. The SMILES string of the molecule is C=C(C)C(=O)OCCC[N+]12OC3(C)[N+]4(C)CO[N+]5(C)O[N+]6(C)O[N+](/N=C\C)(O4)O[N+]3(OC53O[N+](C)(O1)O[N+]3(C(=C)C)O6)O2. The van der Waals surface area contributed by atoms with E-state index >= 15 is 0 Å². The van der Waals surface area contributed by atoms with Crippen molar-refractivity contribution in [1.29, 1.82) is 0 Å². The molecule has 9 heterocycles. The van der Waals surface area contributed by atoms with E-state index in [2.05, 4.69) is 18.3 Å². The van der Waals surface area contributed by atoms with Crippen LogP contribution in [0.2, 0.25) is 0 Å². The third-order valence-electron chi connectivity index (χ3n) is 7.66. The van der Waals surface area contributed by atoms with Crippen molar-refractivity contribution in [2.45, 2.75) is 46.0 Å². The standard InChI is InChI=1S/C20H37N9O14/c1-11-21-29-36-22(7)15-32-23(8)20-27(17(4)5,40-25(10,37-23)41-29)39-24(9,34-20)38-26(13-12-14-31-18(30)16(2)3)33-19(22,6)28(35-20,42-26)43-29/h11H,2,4,12-15H2,1,3,5-10H3/q+8/b21-11-. The molecular weight excluding hydrogens is 590 g/mol. The van der Waals surface area contributed by atoms with E-state index in [0.717, 1.165) is 0 Å². The van der Waals surface area contributed by atoms with Crippen molar-refractivity contribution in [2.75, 3.05) is 48.1 Å². The number of ether oxygens (including phenoxy) is 1. The maximum absolute atomic E-state index is 12.0. The minimum absolute atomic E-state index is 0.0575. The fraction of sp³-hybridized carbons (Fsp3) is 0.700. The number of carbonyl (C=O) groups is 1. The van der Waals surface area contributed by atoms with Crippen LogP contribution in [0.5, 0.6) is 0 Å². The highest BCUT2D eigenvalue weighted by atomic mass is 17.6. The van der Waals surface area contributed by atoms with Crippen molar-refractivity contribution in [3.05, 3.63) is 24.4 Å². The van der Waals surface area contributed by atoms with Gasteiger partial charge in [0.25, 0.3) is 11.7 Å². The summed E-state index contributed by atoms with van der Waals surface area (Å²) in [6, 6.07) is -2.39. The Morgan fingerprint density at radius 3 is 2.33 bits per heavy atom. The zero-order valence-corrected chi connectivity index (χ0v) is 25.1. The molecule has 9 rings (SSSR count). The van der Waals surface area contributed by atoms with Gasteiger partial charge >= 0.3 is 27.9 Å². The lowest BCUT2D eigenvalue weighted by atomic mass is 10.3. The van der Waals surface area contributed by atoms with Crippen LogP contribution in [-0.4, -0.2) is 111 Å². The van der Waals surface area contributed by atoms with Gasteiger partial charge in [-0.1, -0.05) is 11.4 Å². The molecule has 10 unspecified atom stereocenters. The highest BCUT2D eigenvalue weighted by Crippen LogP contribution is 2.65. The molecule has 8 bridgehead atoms. The highest BCUT2D eigenvalue weighted by molar-refractivity contribution is 5.86. The van der Waals surface area contributed by atoms with Gasteiger partial charge in [-0.3, -0.25) is 0 Å². The molecule has 2 spiro atoms. The van der Waals surface area contributed by atoms with Crippen molar-refractivity contribution < 1.29 is 108 Å². The minimum Gasteiger partial charge on any atom is -0.462 e. The maximum atomic E-state index is 12.0. The molecule has 0 N–H and O–H groups in total. The van der Waals surface area contributed by atoms with Crippen LogP contribution in [-0.2, 0) is 68.4 Å². The molecule has 0 radical (unpaired) electrons. The molecule has 10 atom stereocenters. The normalized spacial score (nSPS) is 55.6. The Labute approximate surface area is 244 Å². The van der Waals surface area contributed by atoms with Crippen molar-refractivity contribution in [2.24, 2.45) is 5.10 Å². The van der Waals surface area contributed by atoms with Crippen molar-refractivity contribution in [3.8, 4) is 0 Å². The lowest BCUT2D eigenvalue weighted by Crippen LogP contribution is -2.90. The number of nitrogens with zero attached hydrogens (tertiary/aromatic N) is 9. The molecule has 0 saturated carbocycles. The van der Waals surface area contributed by atoms with Gasteiger partial charge in [0.15, 0.2) is 48.2 Å². The van der Waals surface area contributed by atoms with Gasteiger partial charge in [0, 0.05) is 33.7 Å². The minimum atomic E-state index is -2.39. The Bertz CT molecular complexity index is 1380. The van der Waals surface area contributed by atoms with Crippen molar-refractivity contribution in [1.82, 2.24) is 0 Å². The smallest absolute Gasteiger partial charge is 0.462 e. The summed E-state index contributed by atoms with van der Waals surface area (Å²) in [5, 5.41) is 2.79. The summed E-state index contributed by atoms with van der Waals surface area (Å²) < 4.78 is 4.60. The lowest BCUT2D eigenvalue weighted by Gasteiger charge is -2.43. The number of allylic oxidation sites excluding steroid dienone is 1. The summed E-state index contributed by atoms with van der Waals surface area (Å²) in [6.45, 7) is 13.4. The van der Waals surface area contributed by atoms with E-state index in [9.17, 15) is 4.79 Å². The largest absolute Gasteiger partial charge is 0.718 e. The predicted molar refractivity (Wildman–Crippen MR) is 119 cm³/mol. The number of rotatable bonds is 7.